The van der Waals surface area contributed by atoms with Gasteiger partial charge >= 0.3 is 5.97 Å². The maximum Gasteiger partial charge on any atom is 0.339 e. The second kappa shape index (κ2) is 13.6. The van der Waals surface area contributed by atoms with Crippen LogP contribution in [0, 0.1) is 23.6 Å². The van der Waals surface area contributed by atoms with Crippen molar-refractivity contribution in [2.75, 3.05) is 10.8 Å². The highest BCUT2D eigenvalue weighted by molar-refractivity contribution is 9.10. The first kappa shape index (κ1) is 33.0. The number of imide groups is 1. The summed E-state index contributed by atoms with van der Waals surface area (Å²) < 4.78 is 20.1. The summed E-state index contributed by atoms with van der Waals surface area (Å²) in [4.78, 5) is 59.9. The number of carbonyl (C=O) groups is 4. The number of ether oxygens (including phenoxy) is 1. The Hall–Kier alpha value is -3.95. The molecule has 2 fully saturated rings. The number of anilines is 1. The first-order valence-corrected chi connectivity index (χ1v) is 17.1. The maximum absolute atomic E-state index is 13.9. The van der Waals surface area contributed by atoms with Crippen LogP contribution in [0.15, 0.2) is 71.2 Å². The number of rotatable bonds is 9. The number of nitrogens with zero attached hydrogens (tertiary/aromatic N) is 2. The zero-order valence-corrected chi connectivity index (χ0v) is 28.3. The molecule has 47 heavy (non-hydrogen) atoms. The molecule has 242 valence electrons. The number of aryl methyl sites for hydroxylation is 1. The van der Waals surface area contributed by atoms with E-state index < -0.39 is 23.7 Å². The van der Waals surface area contributed by atoms with Gasteiger partial charge in [0.2, 0.25) is 17.6 Å². The molecule has 0 spiro atoms. The normalized spacial score (nSPS) is 19.9. The van der Waals surface area contributed by atoms with E-state index in [4.69, 9.17) is 21.3 Å². The van der Waals surface area contributed by atoms with Crippen molar-refractivity contribution in [2.24, 2.45) is 17.8 Å². The topological polar surface area (TPSA) is 93.6 Å². The van der Waals surface area contributed by atoms with E-state index in [0.717, 1.165) is 29.3 Å². The number of fused-ring (bicyclic) bond motifs is 2. The Balaban J connectivity index is 1.35. The number of esters is 1. The van der Waals surface area contributed by atoms with Crippen molar-refractivity contribution in [1.29, 1.82) is 0 Å². The second-order valence-electron chi connectivity index (χ2n) is 12.3. The van der Waals surface area contributed by atoms with Crippen LogP contribution in [0.3, 0.4) is 0 Å². The van der Waals surface area contributed by atoms with Gasteiger partial charge in [0.05, 0.1) is 34.3 Å². The monoisotopic (exact) mass is 718 g/mol. The molecule has 2 aliphatic rings. The summed E-state index contributed by atoms with van der Waals surface area (Å²) in [7, 11) is 0. The maximum atomic E-state index is 13.9. The Labute approximate surface area is 285 Å². The summed E-state index contributed by atoms with van der Waals surface area (Å²) in [6, 6.07) is 17.4. The number of carbonyl (C=O) groups excluding carboxylic acids is 4. The van der Waals surface area contributed by atoms with Gasteiger partial charge in [0.15, 0.2) is 6.10 Å². The molecular weight excluding hydrogens is 687 g/mol. The molecule has 6 rings (SSSR count). The van der Waals surface area contributed by atoms with E-state index in [9.17, 15) is 23.6 Å². The second-order valence-corrected chi connectivity index (χ2v) is 13.6. The summed E-state index contributed by atoms with van der Waals surface area (Å²) in [6.45, 7) is 4.11. The molecule has 1 aliphatic heterocycles. The highest BCUT2D eigenvalue weighted by atomic mass is 79.9. The van der Waals surface area contributed by atoms with Gasteiger partial charge in [0, 0.05) is 33.3 Å². The molecule has 1 aromatic heterocycles. The number of ketones is 1. The Morgan fingerprint density at radius 3 is 2.40 bits per heavy atom. The predicted molar refractivity (Wildman–Crippen MR) is 182 cm³/mol. The molecular formula is C37H33BrClFN2O5. The molecule has 1 aliphatic carbocycles. The van der Waals surface area contributed by atoms with Crippen molar-refractivity contribution >= 4 is 67.7 Å². The van der Waals surface area contributed by atoms with Crippen LogP contribution in [-0.2, 0) is 20.7 Å². The SMILES string of the molecule is CCc1cc(Br)cc2c(C(=O)OC(CCCl)C(=O)c3ccc(F)cc3)cc(-c3ccc(N4C(=O)C5CCC(C)CC5C4=O)cc3)nc12. The molecule has 2 amide bonds. The number of pyridine rings is 1. The lowest BCUT2D eigenvalue weighted by molar-refractivity contribution is -0.122. The summed E-state index contributed by atoms with van der Waals surface area (Å²) in [6.07, 6.45) is 1.91. The molecule has 7 nitrogen and oxygen atoms in total. The molecule has 0 N–H and O–H groups in total. The average Bonchev–Trinajstić information content (AvgIpc) is 3.31. The van der Waals surface area contributed by atoms with Gasteiger partial charge in [0.1, 0.15) is 5.82 Å². The third-order valence-corrected chi connectivity index (χ3v) is 9.88. The fraction of sp³-hybridized carbons (Fsp3) is 0.324. The Morgan fingerprint density at radius 1 is 1.02 bits per heavy atom. The van der Waals surface area contributed by atoms with Crippen molar-refractivity contribution in [2.45, 2.75) is 52.1 Å². The molecule has 1 saturated carbocycles. The summed E-state index contributed by atoms with van der Waals surface area (Å²) in [5, 5.41) is 0.547. The van der Waals surface area contributed by atoms with E-state index in [2.05, 4.69) is 22.9 Å². The third kappa shape index (κ3) is 6.48. The van der Waals surface area contributed by atoms with E-state index in [-0.39, 0.29) is 47.1 Å². The van der Waals surface area contributed by atoms with Crippen LogP contribution in [0.5, 0.6) is 0 Å². The molecule has 0 radical (unpaired) electrons. The predicted octanol–water partition coefficient (Wildman–Crippen LogP) is 8.33. The number of alkyl halides is 1. The molecule has 4 unspecified atom stereocenters. The van der Waals surface area contributed by atoms with Crippen LogP contribution in [0.2, 0.25) is 0 Å². The minimum Gasteiger partial charge on any atom is -0.450 e. The zero-order valence-electron chi connectivity index (χ0n) is 26.0. The Kier molecular flexibility index (Phi) is 9.58. The molecule has 4 aromatic rings. The summed E-state index contributed by atoms with van der Waals surface area (Å²) >= 11 is 9.54. The minimum absolute atomic E-state index is 0.0631. The molecule has 2 heterocycles. The number of benzene rings is 3. The fourth-order valence-corrected chi connectivity index (χ4v) is 7.41. The number of hydrogen-bond acceptors (Lipinski definition) is 6. The van der Waals surface area contributed by atoms with E-state index in [1.165, 1.54) is 29.2 Å². The lowest BCUT2D eigenvalue weighted by Gasteiger charge is -2.25. The van der Waals surface area contributed by atoms with Gasteiger partial charge < -0.3 is 4.74 Å². The van der Waals surface area contributed by atoms with Crippen molar-refractivity contribution < 1.29 is 28.3 Å². The number of halogens is 3. The average molecular weight is 720 g/mol. The van der Waals surface area contributed by atoms with Crippen LogP contribution in [0.1, 0.15) is 65.8 Å². The quantitative estimate of drug-likeness (QED) is 0.0748. The zero-order chi connectivity index (χ0) is 33.4. The van der Waals surface area contributed by atoms with Gasteiger partial charge in [-0.1, -0.05) is 41.9 Å². The molecule has 10 heteroatoms. The highest BCUT2D eigenvalue weighted by Crippen LogP contribution is 2.42. The van der Waals surface area contributed by atoms with E-state index in [1.54, 1.807) is 36.4 Å². The highest BCUT2D eigenvalue weighted by Gasteiger charge is 2.50. The fourth-order valence-electron chi connectivity index (χ4n) is 6.71. The molecule has 3 aromatic carbocycles. The standard InChI is InChI=1S/C37H33BrClFN2O5/c1-3-21-17-24(38)18-28-30(37(46)47-32(14-15-39)34(43)23-5-9-25(40)10-6-23)19-31(41-33(21)28)22-7-11-26(12-8-22)42-35(44)27-13-4-20(2)16-29(27)36(42)45/h5-12,17-20,27,29,32H,3-4,13-16H2,1-2H3. The lowest BCUT2D eigenvalue weighted by Crippen LogP contribution is -2.30. The number of amides is 2. The van der Waals surface area contributed by atoms with Crippen LogP contribution in [0.25, 0.3) is 22.2 Å². The van der Waals surface area contributed by atoms with Gasteiger partial charge in [-0.15, -0.1) is 11.6 Å². The number of Topliss-reactive ketones (excluding diaryl/α,β-unsaturated/α-hetero) is 1. The minimum atomic E-state index is -1.18. The summed E-state index contributed by atoms with van der Waals surface area (Å²) in [5.74, 6) is -2.05. The van der Waals surface area contributed by atoms with E-state index >= 15 is 0 Å². The van der Waals surface area contributed by atoms with E-state index in [1.807, 2.05) is 13.0 Å². The lowest BCUT2D eigenvalue weighted by atomic mass is 9.76. The van der Waals surface area contributed by atoms with Crippen LogP contribution in [-0.4, -0.2) is 40.5 Å². The van der Waals surface area contributed by atoms with Crippen molar-refractivity contribution in [3.63, 3.8) is 0 Å². The number of hydrogen-bond donors (Lipinski definition) is 0. The third-order valence-electron chi connectivity index (χ3n) is 9.21. The smallest absolute Gasteiger partial charge is 0.339 e. The van der Waals surface area contributed by atoms with Gasteiger partial charge in [0.25, 0.3) is 0 Å². The van der Waals surface area contributed by atoms with Crippen molar-refractivity contribution in [3.05, 3.63) is 93.7 Å². The first-order valence-electron chi connectivity index (χ1n) is 15.8. The van der Waals surface area contributed by atoms with Gasteiger partial charge in [-0.25, -0.2) is 14.2 Å². The molecule has 0 bridgehead atoms. The molecule has 1 saturated heterocycles. The summed E-state index contributed by atoms with van der Waals surface area (Å²) in [5.41, 5.74) is 3.56. The number of aromatic nitrogens is 1. The first-order chi connectivity index (χ1) is 22.6. The van der Waals surface area contributed by atoms with Gasteiger partial charge in [-0.2, -0.15) is 0 Å². The largest absolute Gasteiger partial charge is 0.450 e. The Bertz CT molecular complexity index is 1880. The molecule has 4 atom stereocenters. The van der Waals surface area contributed by atoms with Gasteiger partial charge in [-0.3, -0.25) is 19.3 Å². The van der Waals surface area contributed by atoms with Crippen molar-refractivity contribution in [1.82, 2.24) is 4.98 Å². The van der Waals surface area contributed by atoms with E-state index in [0.29, 0.717) is 40.2 Å². The van der Waals surface area contributed by atoms with Crippen LogP contribution >= 0.6 is 27.5 Å². The van der Waals surface area contributed by atoms with Gasteiger partial charge in [-0.05, 0) is 91.8 Å². The van der Waals surface area contributed by atoms with Crippen molar-refractivity contribution in [3.8, 4) is 11.3 Å². The van der Waals surface area contributed by atoms with Crippen LogP contribution in [0.4, 0.5) is 10.1 Å². The Morgan fingerprint density at radius 2 is 1.72 bits per heavy atom. The van der Waals surface area contributed by atoms with Crippen LogP contribution < -0.4 is 4.90 Å².